The Morgan fingerprint density at radius 3 is 2.88 bits per heavy atom. The van der Waals surface area contributed by atoms with Gasteiger partial charge in [-0.1, -0.05) is 0 Å². The molecule has 1 fully saturated rings. The second-order valence-electron chi connectivity index (χ2n) is 4.68. The van der Waals surface area contributed by atoms with Crippen LogP contribution in [0.15, 0.2) is 6.07 Å². The lowest BCUT2D eigenvalue weighted by atomic mass is 10.1. The molecule has 0 radical (unpaired) electrons. The predicted molar refractivity (Wildman–Crippen MR) is 70.0 cm³/mol. The zero-order valence-electron chi connectivity index (χ0n) is 10.7. The summed E-state index contributed by atoms with van der Waals surface area (Å²) in [5.74, 6) is 0.223. The van der Waals surface area contributed by atoms with Crippen LogP contribution in [0.1, 0.15) is 26.5 Å². The van der Waals surface area contributed by atoms with Crippen molar-refractivity contribution in [3.8, 4) is 0 Å². The van der Waals surface area contributed by atoms with Crippen LogP contribution in [0.3, 0.4) is 0 Å². The Hall–Kier alpha value is -0.710. The van der Waals surface area contributed by atoms with Gasteiger partial charge in [0.05, 0.1) is 13.2 Å². The van der Waals surface area contributed by atoms with Crippen molar-refractivity contribution in [1.29, 1.82) is 0 Å². The highest BCUT2D eigenvalue weighted by atomic mass is 32.1. The van der Waals surface area contributed by atoms with Crippen LogP contribution in [0, 0.1) is 13.8 Å². The first-order valence-corrected chi connectivity index (χ1v) is 6.78. The van der Waals surface area contributed by atoms with E-state index in [0.717, 1.165) is 30.1 Å². The standard InChI is InChI=1S/C13H19NO2S/c1-9-6-12(10(2)17-9)13(15)7-14(3)11-4-5-16-8-11/h6,11H,4-5,7-8H2,1-3H3. The van der Waals surface area contributed by atoms with E-state index in [1.165, 1.54) is 4.88 Å². The molecule has 0 aliphatic carbocycles. The largest absolute Gasteiger partial charge is 0.380 e. The van der Waals surface area contributed by atoms with Gasteiger partial charge in [-0.25, -0.2) is 0 Å². The first-order valence-electron chi connectivity index (χ1n) is 5.96. The monoisotopic (exact) mass is 253 g/mol. The van der Waals surface area contributed by atoms with Crippen LogP contribution >= 0.6 is 11.3 Å². The van der Waals surface area contributed by atoms with E-state index in [1.807, 2.05) is 27.0 Å². The second-order valence-corrected chi connectivity index (χ2v) is 6.14. The SMILES string of the molecule is Cc1cc(C(=O)CN(C)C2CCOC2)c(C)s1. The molecule has 1 aliphatic heterocycles. The molecule has 0 N–H and O–H groups in total. The van der Waals surface area contributed by atoms with E-state index in [2.05, 4.69) is 4.90 Å². The number of ketones is 1. The molecular formula is C13H19NO2S. The number of Topliss-reactive ketones (excluding diaryl/α,β-unsaturated/α-hetero) is 1. The number of hydrogen-bond donors (Lipinski definition) is 0. The number of aryl methyl sites for hydroxylation is 2. The molecule has 0 saturated carbocycles. The topological polar surface area (TPSA) is 29.5 Å². The van der Waals surface area contributed by atoms with Gasteiger partial charge < -0.3 is 4.74 Å². The Kier molecular flexibility index (Phi) is 3.97. The van der Waals surface area contributed by atoms with Crippen molar-refractivity contribution in [2.75, 3.05) is 26.8 Å². The average Bonchev–Trinajstić information content (AvgIpc) is 2.87. The summed E-state index contributed by atoms with van der Waals surface area (Å²) in [5.41, 5.74) is 0.887. The number of hydrogen-bond acceptors (Lipinski definition) is 4. The molecule has 1 aliphatic rings. The van der Waals surface area contributed by atoms with E-state index in [9.17, 15) is 4.79 Å². The number of thiophene rings is 1. The van der Waals surface area contributed by atoms with Crippen molar-refractivity contribution >= 4 is 17.1 Å². The highest BCUT2D eigenvalue weighted by Gasteiger charge is 2.23. The fourth-order valence-corrected chi connectivity index (χ4v) is 3.16. The number of nitrogens with zero attached hydrogens (tertiary/aromatic N) is 1. The van der Waals surface area contributed by atoms with Crippen LogP contribution in [0.2, 0.25) is 0 Å². The maximum absolute atomic E-state index is 12.2. The highest BCUT2D eigenvalue weighted by molar-refractivity contribution is 7.12. The molecule has 1 aromatic rings. The van der Waals surface area contributed by atoms with E-state index in [4.69, 9.17) is 4.74 Å². The summed E-state index contributed by atoms with van der Waals surface area (Å²) >= 11 is 1.69. The number of ether oxygens (including phenoxy) is 1. The van der Waals surface area contributed by atoms with Gasteiger partial charge in [-0.2, -0.15) is 0 Å². The minimum absolute atomic E-state index is 0.223. The fraction of sp³-hybridized carbons (Fsp3) is 0.615. The van der Waals surface area contributed by atoms with Crippen LogP contribution in [-0.2, 0) is 4.74 Å². The molecule has 0 aromatic carbocycles. The van der Waals surface area contributed by atoms with Crippen LogP contribution in [-0.4, -0.2) is 43.5 Å². The Morgan fingerprint density at radius 1 is 1.59 bits per heavy atom. The third-order valence-corrected chi connectivity index (χ3v) is 4.23. The van der Waals surface area contributed by atoms with Crippen molar-refractivity contribution < 1.29 is 9.53 Å². The predicted octanol–water partition coefficient (Wildman–Crippen LogP) is 2.27. The molecule has 0 bridgehead atoms. The lowest BCUT2D eigenvalue weighted by Crippen LogP contribution is -2.36. The van der Waals surface area contributed by atoms with E-state index in [-0.39, 0.29) is 5.78 Å². The molecule has 3 nitrogen and oxygen atoms in total. The number of carbonyl (C=O) groups is 1. The molecule has 2 heterocycles. The quantitative estimate of drug-likeness (QED) is 0.771. The Bertz CT molecular complexity index is 408. The molecule has 94 valence electrons. The number of likely N-dealkylation sites (N-methyl/N-ethyl adjacent to an activating group) is 1. The van der Waals surface area contributed by atoms with E-state index in [0.29, 0.717) is 12.6 Å². The van der Waals surface area contributed by atoms with Gasteiger partial charge in [-0.3, -0.25) is 9.69 Å². The summed E-state index contributed by atoms with van der Waals surface area (Å²) in [7, 11) is 2.01. The van der Waals surface area contributed by atoms with Gasteiger partial charge in [0, 0.05) is 28.0 Å². The third-order valence-electron chi connectivity index (χ3n) is 3.26. The average molecular weight is 253 g/mol. The summed E-state index contributed by atoms with van der Waals surface area (Å²) < 4.78 is 5.34. The Balaban J connectivity index is 1.98. The summed E-state index contributed by atoms with van der Waals surface area (Å²) in [6.45, 7) is 6.13. The van der Waals surface area contributed by atoms with Crippen LogP contribution in [0.25, 0.3) is 0 Å². The van der Waals surface area contributed by atoms with Crippen LogP contribution < -0.4 is 0 Å². The summed E-state index contributed by atoms with van der Waals surface area (Å²) in [5, 5.41) is 0. The molecule has 1 atom stereocenters. The normalized spacial score (nSPS) is 20.1. The first kappa shape index (κ1) is 12.7. The van der Waals surface area contributed by atoms with Gasteiger partial charge in [0.25, 0.3) is 0 Å². The minimum Gasteiger partial charge on any atom is -0.380 e. The van der Waals surface area contributed by atoms with Crippen molar-refractivity contribution in [3.63, 3.8) is 0 Å². The highest BCUT2D eigenvalue weighted by Crippen LogP contribution is 2.21. The van der Waals surface area contributed by atoms with Crippen molar-refractivity contribution in [2.24, 2.45) is 0 Å². The van der Waals surface area contributed by atoms with Crippen molar-refractivity contribution in [1.82, 2.24) is 4.90 Å². The summed E-state index contributed by atoms with van der Waals surface area (Å²) in [6, 6.07) is 2.40. The maximum Gasteiger partial charge on any atom is 0.177 e. The molecule has 1 unspecified atom stereocenters. The molecular weight excluding hydrogens is 234 g/mol. The van der Waals surface area contributed by atoms with E-state index in [1.54, 1.807) is 11.3 Å². The smallest absolute Gasteiger partial charge is 0.177 e. The van der Waals surface area contributed by atoms with Gasteiger partial charge in [0.15, 0.2) is 5.78 Å². The number of rotatable bonds is 4. The van der Waals surface area contributed by atoms with Gasteiger partial charge >= 0.3 is 0 Å². The zero-order chi connectivity index (χ0) is 12.4. The van der Waals surface area contributed by atoms with Gasteiger partial charge in [0.1, 0.15) is 0 Å². The minimum atomic E-state index is 0.223. The molecule has 2 rings (SSSR count). The lowest BCUT2D eigenvalue weighted by molar-refractivity contribution is 0.0907. The van der Waals surface area contributed by atoms with Crippen molar-refractivity contribution in [3.05, 3.63) is 21.4 Å². The summed E-state index contributed by atoms with van der Waals surface area (Å²) in [6.07, 6.45) is 1.03. The van der Waals surface area contributed by atoms with Crippen LogP contribution in [0.5, 0.6) is 0 Å². The summed E-state index contributed by atoms with van der Waals surface area (Å²) in [4.78, 5) is 16.6. The van der Waals surface area contributed by atoms with Crippen molar-refractivity contribution in [2.45, 2.75) is 26.3 Å². The molecule has 4 heteroatoms. The van der Waals surface area contributed by atoms with Gasteiger partial charge in [-0.15, -0.1) is 11.3 Å². The second kappa shape index (κ2) is 5.29. The third kappa shape index (κ3) is 2.94. The first-order chi connectivity index (χ1) is 8.08. The Morgan fingerprint density at radius 2 is 2.35 bits per heavy atom. The number of carbonyl (C=O) groups excluding carboxylic acids is 1. The zero-order valence-corrected chi connectivity index (χ0v) is 11.5. The van der Waals surface area contributed by atoms with Crippen LogP contribution in [0.4, 0.5) is 0 Å². The molecule has 0 amide bonds. The van der Waals surface area contributed by atoms with Gasteiger partial charge in [0.2, 0.25) is 0 Å². The van der Waals surface area contributed by atoms with Gasteiger partial charge in [-0.05, 0) is 33.4 Å². The van der Waals surface area contributed by atoms with E-state index >= 15 is 0 Å². The Labute approximate surface area is 106 Å². The lowest BCUT2D eigenvalue weighted by Gasteiger charge is -2.21. The fourth-order valence-electron chi connectivity index (χ4n) is 2.22. The molecule has 0 spiro atoms. The molecule has 1 saturated heterocycles. The van der Waals surface area contributed by atoms with E-state index < -0.39 is 0 Å². The molecule has 1 aromatic heterocycles. The molecule has 17 heavy (non-hydrogen) atoms. The maximum atomic E-state index is 12.2.